The predicted octanol–water partition coefficient (Wildman–Crippen LogP) is 2.62. The van der Waals surface area contributed by atoms with Gasteiger partial charge < -0.3 is 15.2 Å². The topological polar surface area (TPSA) is 88.5 Å². The van der Waals surface area contributed by atoms with E-state index in [0.717, 1.165) is 0 Å². The van der Waals surface area contributed by atoms with Gasteiger partial charge in [-0.3, -0.25) is 4.79 Å². The van der Waals surface area contributed by atoms with Crippen LogP contribution in [0.2, 0.25) is 5.02 Å². The van der Waals surface area contributed by atoms with Crippen molar-refractivity contribution in [2.24, 2.45) is 0 Å². The molecule has 0 aliphatic rings. The molecule has 0 saturated heterocycles. The number of amides is 1. The highest BCUT2D eigenvalue weighted by Crippen LogP contribution is 2.23. The molecule has 1 heterocycles. The third-order valence-electron chi connectivity index (χ3n) is 2.92. The van der Waals surface area contributed by atoms with Crippen LogP contribution in [0, 0.1) is 0 Å². The van der Waals surface area contributed by atoms with Gasteiger partial charge in [0.25, 0.3) is 0 Å². The Balaban J connectivity index is 2.20. The van der Waals surface area contributed by atoms with Gasteiger partial charge in [-0.1, -0.05) is 17.7 Å². The molecule has 0 radical (unpaired) electrons. The minimum absolute atomic E-state index is 0.0264. The molecule has 0 aliphatic heterocycles. The fraction of sp³-hybridized carbons (Fsp3) is 0.133. The Hall–Kier alpha value is -2.60. The number of carboxylic acids is 1. The monoisotopic (exact) mass is 320 g/mol. The highest BCUT2D eigenvalue weighted by molar-refractivity contribution is 6.30. The summed E-state index contributed by atoms with van der Waals surface area (Å²) < 4.78 is 5.13. The summed E-state index contributed by atoms with van der Waals surface area (Å²) in [6, 6.07) is 7.74. The fourth-order valence-electron chi connectivity index (χ4n) is 1.94. The van der Waals surface area contributed by atoms with Crippen molar-refractivity contribution in [1.29, 1.82) is 0 Å². The second-order valence-corrected chi connectivity index (χ2v) is 4.81. The van der Waals surface area contributed by atoms with Gasteiger partial charge in [0.05, 0.1) is 24.1 Å². The van der Waals surface area contributed by atoms with Gasteiger partial charge in [0.15, 0.2) is 0 Å². The van der Waals surface area contributed by atoms with E-state index in [1.165, 1.54) is 19.4 Å². The summed E-state index contributed by atoms with van der Waals surface area (Å²) in [7, 11) is 1.42. The Morgan fingerprint density at radius 1 is 1.32 bits per heavy atom. The average molecular weight is 321 g/mol. The van der Waals surface area contributed by atoms with Gasteiger partial charge >= 0.3 is 5.97 Å². The molecule has 0 spiro atoms. The van der Waals surface area contributed by atoms with Crippen molar-refractivity contribution in [3.05, 3.63) is 52.7 Å². The minimum Gasteiger partial charge on any atom is -0.496 e. The normalized spacial score (nSPS) is 10.1. The molecule has 1 aromatic carbocycles. The largest absolute Gasteiger partial charge is 0.496 e. The van der Waals surface area contributed by atoms with Gasteiger partial charge in [0.1, 0.15) is 11.6 Å². The first-order valence-electron chi connectivity index (χ1n) is 6.32. The second kappa shape index (κ2) is 6.91. The van der Waals surface area contributed by atoms with E-state index in [1.54, 1.807) is 24.3 Å². The molecule has 2 N–H and O–H groups in total. The van der Waals surface area contributed by atoms with Crippen LogP contribution in [-0.2, 0) is 11.2 Å². The van der Waals surface area contributed by atoms with Crippen LogP contribution >= 0.6 is 11.6 Å². The van der Waals surface area contributed by atoms with Crippen molar-refractivity contribution in [3.8, 4) is 5.75 Å². The standard InChI is InChI=1S/C15H13ClN2O4/c1-22-12-4-2-3-10(15(20)21)11(12)7-14(19)18-13-6-5-9(16)8-17-13/h2-6,8H,7H2,1H3,(H,20,21)(H,17,18,19). The van der Waals surface area contributed by atoms with Crippen molar-refractivity contribution < 1.29 is 19.4 Å². The van der Waals surface area contributed by atoms with E-state index in [4.69, 9.17) is 16.3 Å². The van der Waals surface area contributed by atoms with Crippen LogP contribution in [0.3, 0.4) is 0 Å². The summed E-state index contributed by atoms with van der Waals surface area (Å²) in [6.07, 6.45) is 1.26. The molecule has 0 saturated carbocycles. The van der Waals surface area contributed by atoms with Crippen molar-refractivity contribution in [2.75, 3.05) is 12.4 Å². The number of benzene rings is 1. The number of hydrogen-bond donors (Lipinski definition) is 2. The number of aromatic nitrogens is 1. The van der Waals surface area contributed by atoms with Crippen molar-refractivity contribution in [1.82, 2.24) is 4.98 Å². The molecule has 114 valence electrons. The number of nitrogens with one attached hydrogen (secondary N) is 1. The van der Waals surface area contributed by atoms with E-state index >= 15 is 0 Å². The van der Waals surface area contributed by atoms with Crippen LogP contribution in [0.5, 0.6) is 5.75 Å². The number of carbonyl (C=O) groups is 2. The highest BCUT2D eigenvalue weighted by atomic mass is 35.5. The van der Waals surface area contributed by atoms with Crippen LogP contribution in [0.4, 0.5) is 5.82 Å². The SMILES string of the molecule is COc1cccc(C(=O)O)c1CC(=O)Nc1ccc(Cl)cn1. The third-order valence-corrected chi connectivity index (χ3v) is 3.14. The molecule has 0 unspecified atom stereocenters. The maximum absolute atomic E-state index is 12.1. The van der Waals surface area contributed by atoms with Crippen molar-refractivity contribution in [3.63, 3.8) is 0 Å². The number of rotatable bonds is 5. The van der Waals surface area contributed by atoms with Crippen molar-refractivity contribution in [2.45, 2.75) is 6.42 Å². The molecule has 1 amide bonds. The Labute approximate surface area is 131 Å². The lowest BCUT2D eigenvalue weighted by Gasteiger charge is -2.11. The summed E-state index contributed by atoms with van der Waals surface area (Å²) in [4.78, 5) is 27.3. The van der Waals surface area contributed by atoms with E-state index in [0.29, 0.717) is 22.2 Å². The van der Waals surface area contributed by atoms with E-state index in [9.17, 15) is 14.7 Å². The molecule has 7 heteroatoms. The zero-order chi connectivity index (χ0) is 16.1. The predicted molar refractivity (Wildman–Crippen MR) is 81.5 cm³/mol. The van der Waals surface area contributed by atoms with Crippen LogP contribution in [0.25, 0.3) is 0 Å². The van der Waals surface area contributed by atoms with E-state index in [2.05, 4.69) is 10.3 Å². The Morgan fingerprint density at radius 2 is 2.09 bits per heavy atom. The first kappa shape index (κ1) is 15.8. The fourth-order valence-corrected chi connectivity index (χ4v) is 2.05. The van der Waals surface area contributed by atoms with E-state index in [1.807, 2.05) is 0 Å². The first-order chi connectivity index (χ1) is 10.5. The lowest BCUT2D eigenvalue weighted by atomic mass is 10.0. The maximum Gasteiger partial charge on any atom is 0.336 e. The van der Waals surface area contributed by atoms with Crippen LogP contribution in [0.1, 0.15) is 15.9 Å². The summed E-state index contributed by atoms with van der Waals surface area (Å²) in [5, 5.41) is 12.2. The summed E-state index contributed by atoms with van der Waals surface area (Å²) in [5.41, 5.74) is 0.336. The molecule has 0 aliphatic carbocycles. The van der Waals surface area contributed by atoms with Gasteiger partial charge in [0, 0.05) is 11.8 Å². The Morgan fingerprint density at radius 3 is 2.68 bits per heavy atom. The zero-order valence-corrected chi connectivity index (χ0v) is 12.4. The maximum atomic E-state index is 12.1. The molecule has 2 rings (SSSR count). The summed E-state index contributed by atoms with van der Waals surface area (Å²) in [6.45, 7) is 0. The number of nitrogens with zero attached hydrogens (tertiary/aromatic N) is 1. The van der Waals surface area contributed by atoms with Crippen LogP contribution < -0.4 is 10.1 Å². The lowest BCUT2D eigenvalue weighted by molar-refractivity contribution is -0.115. The second-order valence-electron chi connectivity index (χ2n) is 4.38. The molecule has 1 aromatic heterocycles. The van der Waals surface area contributed by atoms with Gasteiger partial charge in [-0.25, -0.2) is 9.78 Å². The number of halogens is 1. The molecule has 2 aromatic rings. The Bertz CT molecular complexity index is 701. The summed E-state index contributed by atoms with van der Waals surface area (Å²) in [5.74, 6) is -0.839. The first-order valence-corrected chi connectivity index (χ1v) is 6.69. The molecule has 0 fully saturated rings. The molecular formula is C15H13ClN2O4. The highest BCUT2D eigenvalue weighted by Gasteiger charge is 2.17. The number of anilines is 1. The number of ether oxygens (including phenoxy) is 1. The minimum atomic E-state index is -1.12. The molecular weight excluding hydrogens is 308 g/mol. The molecule has 6 nitrogen and oxygen atoms in total. The number of methoxy groups -OCH3 is 1. The number of aromatic carboxylic acids is 1. The smallest absolute Gasteiger partial charge is 0.336 e. The number of pyridine rings is 1. The van der Waals surface area contributed by atoms with Gasteiger partial charge in [-0.05, 0) is 24.3 Å². The molecule has 0 bridgehead atoms. The zero-order valence-electron chi connectivity index (χ0n) is 11.7. The molecule has 0 atom stereocenters. The quantitative estimate of drug-likeness (QED) is 0.884. The van der Waals surface area contributed by atoms with Crippen LogP contribution in [-0.4, -0.2) is 29.1 Å². The Kier molecular flexibility index (Phi) is 4.95. The number of carbonyl (C=O) groups excluding carboxylic acids is 1. The van der Waals surface area contributed by atoms with E-state index < -0.39 is 11.9 Å². The van der Waals surface area contributed by atoms with Gasteiger partial charge in [-0.15, -0.1) is 0 Å². The molecule has 22 heavy (non-hydrogen) atoms. The van der Waals surface area contributed by atoms with Crippen LogP contribution in [0.15, 0.2) is 36.5 Å². The van der Waals surface area contributed by atoms with Crippen molar-refractivity contribution >= 4 is 29.3 Å². The van der Waals surface area contributed by atoms with E-state index in [-0.39, 0.29) is 12.0 Å². The average Bonchev–Trinajstić information content (AvgIpc) is 2.49. The lowest BCUT2D eigenvalue weighted by Crippen LogP contribution is -2.17. The van der Waals surface area contributed by atoms with Gasteiger partial charge in [-0.2, -0.15) is 0 Å². The number of carboxylic acid groups (broad SMARTS) is 1. The third kappa shape index (κ3) is 3.73. The number of hydrogen-bond acceptors (Lipinski definition) is 4. The van der Waals surface area contributed by atoms with Gasteiger partial charge in [0.2, 0.25) is 5.91 Å². The summed E-state index contributed by atoms with van der Waals surface area (Å²) >= 11 is 5.72.